The van der Waals surface area contributed by atoms with Gasteiger partial charge in [0.1, 0.15) is 28.2 Å². The van der Waals surface area contributed by atoms with Gasteiger partial charge in [0.25, 0.3) is 0 Å². The van der Waals surface area contributed by atoms with Gasteiger partial charge in [-0.25, -0.2) is 4.98 Å². The van der Waals surface area contributed by atoms with Crippen LogP contribution in [0.4, 0.5) is 0 Å². The molecule has 1 aromatic carbocycles. The smallest absolute Gasteiger partial charge is 0.317 e. The maximum atomic E-state index is 13.2. The Bertz CT molecular complexity index is 1760. The van der Waals surface area contributed by atoms with Crippen molar-refractivity contribution in [1.29, 1.82) is 0 Å². The predicted molar refractivity (Wildman–Crippen MR) is 216 cm³/mol. The number of aliphatic carboxylic acids is 3. The summed E-state index contributed by atoms with van der Waals surface area (Å²) in [5.74, 6) is 4.48. The molecule has 2 aromatic rings. The summed E-state index contributed by atoms with van der Waals surface area (Å²) in [4.78, 5) is 60.0. The largest absolute Gasteiger partial charge is 0.496 e. The lowest BCUT2D eigenvalue weighted by Gasteiger charge is -2.45. The lowest BCUT2D eigenvalue weighted by Crippen LogP contribution is -2.59. The molecule has 316 valence electrons. The summed E-state index contributed by atoms with van der Waals surface area (Å²) in [5, 5.41) is 30.1. The number of carboxylic acid groups (broad SMARTS) is 3. The Balaban J connectivity index is 2.24. The van der Waals surface area contributed by atoms with Gasteiger partial charge >= 0.3 is 17.9 Å². The molecule has 1 aliphatic heterocycles. The zero-order valence-electron chi connectivity index (χ0n) is 34.4. The molecular formula is C40H60N5O11P. The fraction of sp³-hybridized carbons (Fsp3) is 0.600. The van der Waals surface area contributed by atoms with Crippen LogP contribution >= 0.6 is 7.37 Å². The number of ether oxygens (including phenoxy) is 3. The summed E-state index contributed by atoms with van der Waals surface area (Å²) in [6.45, 7) is 9.65. The van der Waals surface area contributed by atoms with E-state index in [1.165, 1.54) is 34.1 Å². The van der Waals surface area contributed by atoms with Crippen molar-refractivity contribution in [3.63, 3.8) is 0 Å². The molecule has 1 fully saturated rings. The molecule has 2 heterocycles. The van der Waals surface area contributed by atoms with Crippen LogP contribution in [0.5, 0.6) is 17.2 Å². The van der Waals surface area contributed by atoms with E-state index in [1.807, 2.05) is 42.4 Å². The first-order valence-electron chi connectivity index (χ1n) is 19.3. The van der Waals surface area contributed by atoms with Crippen LogP contribution in [0.1, 0.15) is 70.2 Å². The molecule has 0 saturated carbocycles. The van der Waals surface area contributed by atoms with Crippen LogP contribution in [0, 0.1) is 11.8 Å². The van der Waals surface area contributed by atoms with E-state index in [2.05, 4.69) is 21.7 Å². The quantitative estimate of drug-likeness (QED) is 0.142. The minimum absolute atomic E-state index is 0.0391. The van der Waals surface area contributed by atoms with E-state index in [-0.39, 0.29) is 68.9 Å². The monoisotopic (exact) mass is 817 g/mol. The third kappa shape index (κ3) is 13.7. The third-order valence-corrected chi connectivity index (χ3v) is 11.5. The van der Waals surface area contributed by atoms with E-state index in [1.54, 1.807) is 18.2 Å². The molecule has 0 aliphatic carbocycles. The Kier molecular flexibility index (Phi) is 18.2. The van der Waals surface area contributed by atoms with E-state index in [0.717, 1.165) is 0 Å². The van der Waals surface area contributed by atoms with Crippen molar-refractivity contribution in [3.05, 3.63) is 41.1 Å². The first-order chi connectivity index (χ1) is 27.0. The minimum atomic E-state index is -3.89. The summed E-state index contributed by atoms with van der Waals surface area (Å²) in [6, 6.07) is 5.34. The van der Waals surface area contributed by atoms with E-state index in [9.17, 15) is 39.2 Å². The molecule has 4 N–H and O–H groups in total. The number of hydrogen-bond acceptors (Lipinski definition) is 12. The molecule has 0 bridgehead atoms. The molecule has 1 saturated heterocycles. The second kappa shape index (κ2) is 22.1. The van der Waals surface area contributed by atoms with Crippen LogP contribution in [-0.2, 0) is 25.5 Å². The molecule has 1 aliphatic rings. The summed E-state index contributed by atoms with van der Waals surface area (Å²) < 4.78 is 29.6. The number of hydrogen-bond donors (Lipinski definition) is 4. The van der Waals surface area contributed by atoms with Gasteiger partial charge in [0, 0.05) is 81.3 Å². The average Bonchev–Trinajstić information content (AvgIpc) is 3.15. The molecule has 0 radical (unpaired) electrons. The van der Waals surface area contributed by atoms with Gasteiger partial charge in [-0.2, -0.15) is 0 Å². The second-order valence-electron chi connectivity index (χ2n) is 14.4. The first-order valence-corrected chi connectivity index (χ1v) is 21.4. The SMILES string of the molecule is CC[C@H]1CN(CC(=O)O)[C@@H](CC)CN(Cc2cc(C#Cc3c(OC)cc(OC)cc3OC)cc(P(C)(=O)O)n2)[C@@H](CC)CN(CC(=O)O)[C@@H](CC)CN1CC(=O)O. The van der Waals surface area contributed by atoms with Gasteiger partial charge < -0.3 is 34.4 Å². The van der Waals surface area contributed by atoms with Crippen molar-refractivity contribution in [1.82, 2.24) is 24.6 Å². The number of carboxylic acids is 3. The highest BCUT2D eigenvalue weighted by Gasteiger charge is 2.35. The number of benzene rings is 1. The van der Waals surface area contributed by atoms with Crippen LogP contribution in [-0.4, -0.2) is 161 Å². The molecule has 57 heavy (non-hydrogen) atoms. The number of nitrogens with zero attached hydrogens (tertiary/aromatic N) is 5. The molecule has 1 aromatic heterocycles. The number of carbonyl (C=O) groups is 3. The maximum absolute atomic E-state index is 13.2. The highest BCUT2D eigenvalue weighted by atomic mass is 31.2. The molecule has 0 amide bonds. The zero-order valence-corrected chi connectivity index (χ0v) is 35.3. The average molecular weight is 818 g/mol. The summed E-state index contributed by atoms with van der Waals surface area (Å²) >= 11 is 0. The molecule has 16 nitrogen and oxygen atoms in total. The first kappa shape index (κ1) is 47.1. The Morgan fingerprint density at radius 1 is 0.684 bits per heavy atom. The fourth-order valence-corrected chi connectivity index (χ4v) is 8.09. The van der Waals surface area contributed by atoms with Crippen molar-refractivity contribution >= 4 is 30.7 Å². The maximum Gasteiger partial charge on any atom is 0.317 e. The molecule has 17 heteroatoms. The molecule has 3 rings (SSSR count). The normalized spacial score (nSPS) is 21.6. The number of pyridine rings is 1. The number of rotatable bonds is 16. The second-order valence-corrected chi connectivity index (χ2v) is 16.6. The van der Waals surface area contributed by atoms with Crippen molar-refractivity contribution in [3.8, 4) is 29.1 Å². The molecule has 1 unspecified atom stereocenters. The van der Waals surface area contributed by atoms with Crippen LogP contribution in [0.15, 0.2) is 24.3 Å². The van der Waals surface area contributed by atoms with Crippen molar-refractivity contribution in [2.24, 2.45) is 0 Å². The van der Waals surface area contributed by atoms with Crippen molar-refractivity contribution < 1.29 is 53.4 Å². The van der Waals surface area contributed by atoms with Crippen LogP contribution in [0.25, 0.3) is 0 Å². The van der Waals surface area contributed by atoms with Crippen LogP contribution in [0.3, 0.4) is 0 Å². The van der Waals surface area contributed by atoms with E-state index < -0.39 is 25.3 Å². The Hall–Kier alpha value is -4.23. The van der Waals surface area contributed by atoms with Crippen LogP contribution in [0.2, 0.25) is 0 Å². The highest BCUT2D eigenvalue weighted by molar-refractivity contribution is 7.65. The Morgan fingerprint density at radius 3 is 1.44 bits per heavy atom. The van der Waals surface area contributed by atoms with Gasteiger partial charge in [0.2, 0.25) is 7.37 Å². The number of methoxy groups -OCH3 is 3. The molecule has 0 spiro atoms. The lowest BCUT2D eigenvalue weighted by molar-refractivity contribution is -0.142. The Morgan fingerprint density at radius 2 is 1.09 bits per heavy atom. The van der Waals surface area contributed by atoms with Gasteiger partial charge in [-0.1, -0.05) is 39.5 Å². The van der Waals surface area contributed by atoms with Gasteiger partial charge in [-0.15, -0.1) is 0 Å². The lowest BCUT2D eigenvalue weighted by atomic mass is 10.0. The van der Waals surface area contributed by atoms with Gasteiger partial charge in [0.05, 0.1) is 46.7 Å². The molecule has 5 atom stereocenters. The number of aromatic nitrogens is 1. The molecular weight excluding hydrogens is 757 g/mol. The third-order valence-electron chi connectivity index (χ3n) is 10.4. The predicted octanol–water partition coefficient (Wildman–Crippen LogP) is 3.12. The van der Waals surface area contributed by atoms with E-state index >= 15 is 0 Å². The van der Waals surface area contributed by atoms with Crippen molar-refractivity contribution in [2.75, 3.05) is 73.8 Å². The zero-order chi connectivity index (χ0) is 42.4. The summed E-state index contributed by atoms with van der Waals surface area (Å²) in [6.07, 6.45) is 2.23. The van der Waals surface area contributed by atoms with E-state index in [4.69, 9.17) is 14.2 Å². The fourth-order valence-electron chi connectivity index (χ4n) is 7.40. The van der Waals surface area contributed by atoms with Crippen molar-refractivity contribution in [2.45, 2.75) is 84.1 Å². The summed E-state index contributed by atoms with van der Waals surface area (Å²) in [7, 11) is 0.631. The highest BCUT2D eigenvalue weighted by Crippen LogP contribution is 2.35. The van der Waals surface area contributed by atoms with Gasteiger partial charge in [-0.05, 0) is 37.8 Å². The van der Waals surface area contributed by atoms with Gasteiger partial charge in [-0.3, -0.25) is 38.5 Å². The minimum Gasteiger partial charge on any atom is -0.496 e. The van der Waals surface area contributed by atoms with Gasteiger partial charge in [0.15, 0.2) is 0 Å². The van der Waals surface area contributed by atoms with E-state index in [0.29, 0.717) is 72.8 Å². The van der Waals surface area contributed by atoms with Crippen LogP contribution < -0.4 is 19.6 Å². The summed E-state index contributed by atoms with van der Waals surface area (Å²) in [5.41, 5.74) is 1.26. The standard InChI is InChI=1S/C40H60N5O11P/c1-9-29-21-43(24-38(46)47)31(11-3)23-45(26-40(50)51)32(12-4)22-44(25-39(48)49)30(10-2)20-42(29)19-28-15-27(16-37(41-28)57(8,52)53)13-14-34-35(55-6)17-33(54-5)18-36(34)56-7/h15-18,29-32H,9-12,19-26H2,1-8H3,(H,46,47)(H,48,49)(H,50,51)(H,52,53)/t29-,30-,31-,32-/m0/s1. The topological polar surface area (TPSA) is 203 Å². The Labute approximate surface area is 336 Å².